The van der Waals surface area contributed by atoms with Gasteiger partial charge in [-0.25, -0.2) is 0 Å². The van der Waals surface area contributed by atoms with Gasteiger partial charge < -0.3 is 15.4 Å². The molecule has 0 bridgehead atoms. The predicted molar refractivity (Wildman–Crippen MR) is 103 cm³/mol. The number of benzene rings is 1. The molecule has 0 saturated heterocycles. The van der Waals surface area contributed by atoms with Crippen LogP contribution >= 0.6 is 0 Å². The van der Waals surface area contributed by atoms with E-state index in [1.807, 2.05) is 13.1 Å². The van der Waals surface area contributed by atoms with Crippen LogP contribution in [0.25, 0.3) is 0 Å². The van der Waals surface area contributed by atoms with E-state index in [1.54, 1.807) is 7.11 Å². The highest BCUT2D eigenvalue weighted by Gasteiger charge is 2.19. The minimum Gasteiger partial charge on any atom is -0.497 e. The topological polar surface area (TPSA) is 48.9 Å². The summed E-state index contributed by atoms with van der Waals surface area (Å²) in [6.07, 6.45) is 0. The average Bonchev–Trinajstić information content (AvgIpc) is 2.60. The van der Waals surface area contributed by atoms with Crippen molar-refractivity contribution in [3.63, 3.8) is 0 Å². The molecule has 1 aromatic rings. The fourth-order valence-electron chi connectivity index (χ4n) is 2.69. The van der Waals surface area contributed by atoms with Gasteiger partial charge in [0.05, 0.1) is 13.2 Å². The van der Waals surface area contributed by atoms with Crippen LogP contribution in [0.3, 0.4) is 0 Å². The van der Waals surface area contributed by atoms with Gasteiger partial charge in [0.1, 0.15) is 5.75 Å². The van der Waals surface area contributed by atoms with Crippen LogP contribution in [0.4, 0.5) is 0 Å². The lowest BCUT2D eigenvalue weighted by atomic mass is 10.0. The normalized spacial score (nSPS) is 13.2. The zero-order chi connectivity index (χ0) is 17.9. The number of methoxy groups -OCH3 is 1. The molecule has 0 aliphatic rings. The molecule has 0 aliphatic carbocycles. The van der Waals surface area contributed by atoms with Crippen LogP contribution in [0.2, 0.25) is 0 Å². The molecule has 5 nitrogen and oxygen atoms in total. The second kappa shape index (κ2) is 10.9. The van der Waals surface area contributed by atoms with Gasteiger partial charge in [0, 0.05) is 20.1 Å². The number of likely N-dealkylation sites (N-methyl/N-ethyl adjacent to an activating group) is 1. The standard InChI is InChI=1S/C19H34N4O/c1-7-23(8-2)18(16-10-9-11-17(12-16)24-6)14-22-19(20-5)21-13-15(3)4/h9-12,15,18H,7-8,13-14H2,1-6H3,(H2,20,21,22). The Bertz CT molecular complexity index is 498. The van der Waals surface area contributed by atoms with E-state index < -0.39 is 0 Å². The maximum absolute atomic E-state index is 5.39. The van der Waals surface area contributed by atoms with E-state index in [-0.39, 0.29) is 6.04 Å². The van der Waals surface area contributed by atoms with Crippen LogP contribution in [-0.2, 0) is 0 Å². The van der Waals surface area contributed by atoms with Gasteiger partial charge in [-0.1, -0.05) is 39.8 Å². The van der Waals surface area contributed by atoms with E-state index >= 15 is 0 Å². The summed E-state index contributed by atoms with van der Waals surface area (Å²) in [4.78, 5) is 6.76. The molecule has 1 rings (SSSR count). The summed E-state index contributed by atoms with van der Waals surface area (Å²) in [6.45, 7) is 12.5. The van der Waals surface area contributed by atoms with E-state index in [9.17, 15) is 0 Å². The number of rotatable bonds is 9. The van der Waals surface area contributed by atoms with E-state index in [0.29, 0.717) is 5.92 Å². The molecule has 1 unspecified atom stereocenters. The zero-order valence-corrected chi connectivity index (χ0v) is 16.1. The van der Waals surface area contributed by atoms with Gasteiger partial charge in [0.2, 0.25) is 0 Å². The molecule has 136 valence electrons. The summed E-state index contributed by atoms with van der Waals surface area (Å²) in [5, 5.41) is 6.84. The first kappa shape index (κ1) is 20.3. The number of ether oxygens (including phenoxy) is 1. The molecular weight excluding hydrogens is 300 g/mol. The van der Waals surface area contributed by atoms with E-state index in [1.165, 1.54) is 5.56 Å². The first-order valence-electron chi connectivity index (χ1n) is 8.88. The Balaban J connectivity index is 2.86. The Kier molecular flexibility index (Phi) is 9.23. The van der Waals surface area contributed by atoms with Crippen molar-refractivity contribution < 1.29 is 4.74 Å². The molecular formula is C19H34N4O. The van der Waals surface area contributed by atoms with Gasteiger partial charge in [-0.2, -0.15) is 0 Å². The van der Waals surface area contributed by atoms with Crippen molar-refractivity contribution in [1.29, 1.82) is 0 Å². The van der Waals surface area contributed by atoms with E-state index in [2.05, 4.69) is 66.4 Å². The largest absolute Gasteiger partial charge is 0.497 e. The van der Waals surface area contributed by atoms with Crippen molar-refractivity contribution in [2.24, 2.45) is 10.9 Å². The van der Waals surface area contributed by atoms with Gasteiger partial charge in [-0.05, 0) is 36.7 Å². The van der Waals surface area contributed by atoms with Gasteiger partial charge in [0.25, 0.3) is 0 Å². The molecule has 0 aliphatic heterocycles. The summed E-state index contributed by atoms with van der Waals surface area (Å²) in [6, 6.07) is 8.59. The molecule has 0 aromatic heterocycles. The van der Waals surface area contributed by atoms with Crippen LogP contribution in [0, 0.1) is 5.92 Å². The van der Waals surface area contributed by atoms with Crippen molar-refractivity contribution >= 4 is 5.96 Å². The van der Waals surface area contributed by atoms with Crippen LogP contribution in [-0.4, -0.2) is 51.2 Å². The van der Waals surface area contributed by atoms with Gasteiger partial charge in [0.15, 0.2) is 5.96 Å². The number of hydrogen-bond donors (Lipinski definition) is 2. The minimum atomic E-state index is 0.271. The first-order valence-corrected chi connectivity index (χ1v) is 8.88. The molecule has 0 spiro atoms. The third kappa shape index (κ3) is 6.40. The van der Waals surface area contributed by atoms with E-state index in [4.69, 9.17) is 4.74 Å². The molecule has 2 N–H and O–H groups in total. The SMILES string of the molecule is CCN(CC)C(CNC(=NC)NCC(C)C)c1cccc(OC)c1. The predicted octanol–water partition coefficient (Wildman–Crippen LogP) is 2.90. The Morgan fingerprint density at radius 3 is 2.38 bits per heavy atom. The quantitative estimate of drug-likeness (QED) is 0.538. The highest BCUT2D eigenvalue weighted by atomic mass is 16.5. The molecule has 1 aromatic carbocycles. The summed E-state index contributed by atoms with van der Waals surface area (Å²) in [5.41, 5.74) is 1.25. The van der Waals surface area contributed by atoms with E-state index in [0.717, 1.165) is 37.9 Å². The number of aliphatic imine (C=N–C) groups is 1. The molecule has 0 saturated carbocycles. The third-order valence-electron chi connectivity index (χ3n) is 4.10. The number of nitrogens with zero attached hydrogens (tertiary/aromatic N) is 2. The first-order chi connectivity index (χ1) is 11.5. The molecule has 0 amide bonds. The maximum Gasteiger partial charge on any atom is 0.191 e. The van der Waals surface area contributed by atoms with Crippen molar-refractivity contribution in [2.45, 2.75) is 33.7 Å². The number of hydrogen-bond acceptors (Lipinski definition) is 3. The van der Waals surface area contributed by atoms with Gasteiger partial charge >= 0.3 is 0 Å². The monoisotopic (exact) mass is 334 g/mol. The summed E-state index contributed by atoms with van der Waals surface area (Å²) >= 11 is 0. The Labute approximate surface area is 147 Å². The maximum atomic E-state index is 5.39. The number of guanidine groups is 1. The van der Waals surface area contributed by atoms with Gasteiger partial charge in [-0.3, -0.25) is 9.89 Å². The zero-order valence-electron chi connectivity index (χ0n) is 16.1. The summed E-state index contributed by atoms with van der Waals surface area (Å²) in [5.74, 6) is 2.33. The second-order valence-corrected chi connectivity index (χ2v) is 6.24. The lowest BCUT2D eigenvalue weighted by Crippen LogP contribution is -2.44. The Hall–Kier alpha value is -1.75. The summed E-state index contributed by atoms with van der Waals surface area (Å²) in [7, 11) is 3.52. The smallest absolute Gasteiger partial charge is 0.191 e. The lowest BCUT2D eigenvalue weighted by molar-refractivity contribution is 0.218. The average molecular weight is 335 g/mol. The second-order valence-electron chi connectivity index (χ2n) is 6.24. The Morgan fingerprint density at radius 1 is 1.17 bits per heavy atom. The van der Waals surface area contributed by atoms with Crippen LogP contribution in [0.5, 0.6) is 5.75 Å². The summed E-state index contributed by atoms with van der Waals surface area (Å²) < 4.78 is 5.39. The Morgan fingerprint density at radius 2 is 1.83 bits per heavy atom. The minimum absolute atomic E-state index is 0.271. The van der Waals surface area contributed by atoms with Crippen molar-refractivity contribution in [1.82, 2.24) is 15.5 Å². The highest BCUT2D eigenvalue weighted by Crippen LogP contribution is 2.23. The van der Waals surface area contributed by atoms with Crippen molar-refractivity contribution in [3.8, 4) is 5.75 Å². The van der Waals surface area contributed by atoms with Crippen molar-refractivity contribution in [3.05, 3.63) is 29.8 Å². The fourth-order valence-corrected chi connectivity index (χ4v) is 2.69. The fraction of sp³-hybridized carbons (Fsp3) is 0.632. The molecule has 1 atom stereocenters. The molecule has 0 radical (unpaired) electrons. The third-order valence-corrected chi connectivity index (χ3v) is 4.10. The highest BCUT2D eigenvalue weighted by molar-refractivity contribution is 5.79. The molecule has 5 heteroatoms. The lowest BCUT2D eigenvalue weighted by Gasteiger charge is -2.31. The number of nitrogens with one attached hydrogen (secondary N) is 2. The van der Waals surface area contributed by atoms with Crippen LogP contribution in [0.1, 0.15) is 39.3 Å². The molecule has 0 fully saturated rings. The van der Waals surface area contributed by atoms with Crippen molar-refractivity contribution in [2.75, 3.05) is 40.3 Å². The molecule has 24 heavy (non-hydrogen) atoms. The van der Waals surface area contributed by atoms with Gasteiger partial charge in [-0.15, -0.1) is 0 Å². The van der Waals surface area contributed by atoms with Crippen LogP contribution < -0.4 is 15.4 Å². The molecule has 0 heterocycles. The van der Waals surface area contributed by atoms with Crippen LogP contribution in [0.15, 0.2) is 29.3 Å².